The lowest BCUT2D eigenvalue weighted by molar-refractivity contribution is -0.122. The average Bonchev–Trinajstić information content (AvgIpc) is 2.61. The van der Waals surface area contributed by atoms with Gasteiger partial charge in [-0.1, -0.05) is 104 Å². The molecule has 0 heterocycles. The molecule has 0 aliphatic heterocycles. The highest BCUT2D eigenvalue weighted by Gasteiger charge is 2.34. The molecule has 0 fully saturated rings. The number of para-hydroxylation sites is 1. The summed E-state index contributed by atoms with van der Waals surface area (Å²) in [6, 6.07) is 7.11. The molecule has 0 aliphatic rings. The largest absolute Gasteiger partial charge is 0.339 e. The van der Waals surface area contributed by atoms with Gasteiger partial charge in [0.1, 0.15) is 6.17 Å². The Hall–Kier alpha value is -0.460. The number of rotatable bonds is 11. The number of thiocarbonyl (C=S) groups is 1. The van der Waals surface area contributed by atoms with E-state index in [4.69, 9.17) is 58.6 Å². The van der Waals surface area contributed by atoms with Gasteiger partial charge in [0.25, 0.3) is 0 Å². The van der Waals surface area contributed by atoms with Crippen LogP contribution in [0.2, 0.25) is 5.02 Å². The van der Waals surface area contributed by atoms with Gasteiger partial charge in [-0.3, -0.25) is 4.79 Å². The Morgan fingerprint density at radius 3 is 2.25 bits per heavy atom. The van der Waals surface area contributed by atoms with E-state index in [-0.39, 0.29) is 11.0 Å². The smallest absolute Gasteiger partial charge is 0.228 e. The van der Waals surface area contributed by atoms with Crippen LogP contribution in [0.1, 0.15) is 58.3 Å². The first kappa shape index (κ1) is 25.6. The third kappa shape index (κ3) is 10.9. The van der Waals surface area contributed by atoms with Crippen LogP contribution in [0, 0.1) is 0 Å². The standard InChI is InChI=1S/C19H27Cl4N3OS/c1-2-3-4-5-6-7-8-13-16(27)25-17(19(21,22)23)26-18(28)24-15-12-10-9-11-14(15)20/h9-12,17H,2-8,13H2,1H3,(H,25,27)(H2,24,26,28)/t17-/m0/s1. The third-order valence-corrected chi connectivity index (χ3v) is 5.24. The zero-order chi connectivity index (χ0) is 21.0. The molecule has 3 N–H and O–H groups in total. The number of hydrogen-bond acceptors (Lipinski definition) is 2. The first-order chi connectivity index (χ1) is 13.2. The van der Waals surface area contributed by atoms with Gasteiger partial charge in [-0.15, -0.1) is 0 Å². The minimum absolute atomic E-state index is 0.181. The number of hydrogen-bond donors (Lipinski definition) is 3. The fraction of sp³-hybridized carbons (Fsp3) is 0.579. The number of carbonyl (C=O) groups is 1. The summed E-state index contributed by atoms with van der Waals surface area (Å²) in [5.74, 6) is -0.196. The Labute approximate surface area is 193 Å². The van der Waals surface area contributed by atoms with Gasteiger partial charge in [-0.05, 0) is 30.8 Å². The molecule has 4 nitrogen and oxygen atoms in total. The van der Waals surface area contributed by atoms with Crippen molar-refractivity contribution < 1.29 is 4.79 Å². The van der Waals surface area contributed by atoms with Crippen LogP contribution in [-0.4, -0.2) is 21.0 Å². The summed E-state index contributed by atoms with van der Waals surface area (Å²) in [7, 11) is 0. The van der Waals surface area contributed by atoms with Crippen LogP contribution in [0.5, 0.6) is 0 Å². The molecular formula is C19H27Cl4N3OS. The molecular weight excluding hydrogens is 460 g/mol. The van der Waals surface area contributed by atoms with E-state index in [0.717, 1.165) is 19.3 Å². The number of amides is 1. The first-order valence-corrected chi connectivity index (χ1v) is 11.3. The monoisotopic (exact) mass is 485 g/mol. The normalized spacial score (nSPS) is 12.3. The number of nitrogens with one attached hydrogen (secondary N) is 3. The lowest BCUT2D eigenvalue weighted by Gasteiger charge is -2.28. The van der Waals surface area contributed by atoms with Gasteiger partial charge in [0.05, 0.1) is 10.7 Å². The van der Waals surface area contributed by atoms with E-state index in [1.165, 1.54) is 25.7 Å². The van der Waals surface area contributed by atoms with Crippen LogP contribution in [0.15, 0.2) is 24.3 Å². The second-order valence-electron chi connectivity index (χ2n) is 6.49. The summed E-state index contributed by atoms with van der Waals surface area (Å²) in [5, 5.41) is 9.12. The minimum atomic E-state index is -1.78. The Bertz CT molecular complexity index is 625. The van der Waals surface area contributed by atoms with Gasteiger partial charge in [0.15, 0.2) is 5.11 Å². The van der Waals surface area contributed by atoms with E-state index in [2.05, 4.69) is 22.9 Å². The van der Waals surface area contributed by atoms with Crippen molar-refractivity contribution in [1.29, 1.82) is 0 Å². The maximum absolute atomic E-state index is 12.2. The molecule has 1 rings (SSSR count). The van der Waals surface area contributed by atoms with Crippen LogP contribution in [-0.2, 0) is 4.79 Å². The summed E-state index contributed by atoms with van der Waals surface area (Å²) < 4.78 is -1.78. The maximum atomic E-state index is 12.2. The summed E-state index contributed by atoms with van der Waals surface area (Å²) in [6.45, 7) is 2.19. The maximum Gasteiger partial charge on any atom is 0.228 e. The Morgan fingerprint density at radius 1 is 1.04 bits per heavy atom. The van der Waals surface area contributed by atoms with E-state index in [1.54, 1.807) is 18.2 Å². The van der Waals surface area contributed by atoms with E-state index in [0.29, 0.717) is 17.1 Å². The average molecular weight is 487 g/mol. The summed E-state index contributed by atoms with van der Waals surface area (Å²) >= 11 is 29.3. The van der Waals surface area contributed by atoms with E-state index in [9.17, 15) is 4.79 Å². The van der Waals surface area contributed by atoms with Crippen molar-refractivity contribution in [3.8, 4) is 0 Å². The number of anilines is 1. The molecule has 0 bridgehead atoms. The van der Waals surface area contributed by atoms with Crippen molar-refractivity contribution in [2.24, 2.45) is 0 Å². The van der Waals surface area contributed by atoms with Crippen molar-refractivity contribution in [3.63, 3.8) is 0 Å². The molecule has 1 amide bonds. The van der Waals surface area contributed by atoms with Gasteiger partial charge in [0, 0.05) is 6.42 Å². The second-order valence-corrected chi connectivity index (χ2v) is 9.68. The van der Waals surface area contributed by atoms with Gasteiger partial charge < -0.3 is 16.0 Å². The highest BCUT2D eigenvalue weighted by Crippen LogP contribution is 2.29. The van der Waals surface area contributed by atoms with Crippen LogP contribution < -0.4 is 16.0 Å². The fourth-order valence-corrected chi connectivity index (χ4v) is 3.27. The summed E-state index contributed by atoms with van der Waals surface area (Å²) in [6.07, 6.45) is 7.27. The molecule has 0 aromatic heterocycles. The van der Waals surface area contributed by atoms with Crippen LogP contribution in [0.25, 0.3) is 0 Å². The highest BCUT2D eigenvalue weighted by atomic mass is 35.6. The number of carbonyl (C=O) groups excluding carboxylic acids is 1. The third-order valence-electron chi connectivity index (χ3n) is 4.04. The number of unbranched alkanes of at least 4 members (excludes halogenated alkanes) is 6. The van der Waals surface area contributed by atoms with E-state index in [1.807, 2.05) is 6.07 Å². The molecule has 28 heavy (non-hydrogen) atoms. The molecule has 0 unspecified atom stereocenters. The van der Waals surface area contributed by atoms with Crippen molar-refractivity contribution in [3.05, 3.63) is 29.3 Å². The van der Waals surface area contributed by atoms with Gasteiger partial charge in [-0.25, -0.2) is 0 Å². The lowest BCUT2D eigenvalue weighted by Crippen LogP contribution is -2.56. The molecule has 1 aromatic rings. The van der Waals surface area contributed by atoms with E-state index >= 15 is 0 Å². The molecule has 0 spiro atoms. The number of halogens is 4. The van der Waals surface area contributed by atoms with Crippen LogP contribution in [0.3, 0.4) is 0 Å². The molecule has 0 aliphatic carbocycles. The minimum Gasteiger partial charge on any atom is -0.339 e. The molecule has 1 atom stereocenters. The zero-order valence-electron chi connectivity index (χ0n) is 15.9. The second kappa shape index (κ2) is 13.7. The quantitative estimate of drug-likeness (QED) is 0.143. The topological polar surface area (TPSA) is 53.2 Å². The molecule has 9 heteroatoms. The van der Waals surface area contributed by atoms with Crippen LogP contribution >= 0.6 is 58.6 Å². The van der Waals surface area contributed by atoms with Crippen molar-refractivity contribution in [1.82, 2.24) is 10.6 Å². The van der Waals surface area contributed by atoms with Crippen molar-refractivity contribution in [2.45, 2.75) is 68.2 Å². The summed E-state index contributed by atoms with van der Waals surface area (Å²) in [4.78, 5) is 12.2. The molecule has 0 saturated carbocycles. The molecule has 1 aromatic carbocycles. The first-order valence-electron chi connectivity index (χ1n) is 9.42. The van der Waals surface area contributed by atoms with Gasteiger partial charge in [0.2, 0.25) is 9.70 Å². The predicted molar refractivity (Wildman–Crippen MR) is 126 cm³/mol. The fourth-order valence-electron chi connectivity index (χ4n) is 2.53. The highest BCUT2D eigenvalue weighted by molar-refractivity contribution is 7.80. The Kier molecular flexibility index (Phi) is 12.5. The molecule has 158 valence electrons. The molecule has 0 radical (unpaired) electrons. The Morgan fingerprint density at radius 2 is 1.64 bits per heavy atom. The number of alkyl halides is 3. The zero-order valence-corrected chi connectivity index (χ0v) is 19.7. The van der Waals surface area contributed by atoms with Gasteiger partial charge >= 0.3 is 0 Å². The van der Waals surface area contributed by atoms with Crippen LogP contribution in [0.4, 0.5) is 5.69 Å². The van der Waals surface area contributed by atoms with Crippen molar-refractivity contribution in [2.75, 3.05) is 5.32 Å². The Balaban J connectivity index is 2.45. The van der Waals surface area contributed by atoms with E-state index < -0.39 is 9.96 Å². The lowest BCUT2D eigenvalue weighted by atomic mass is 10.1. The SMILES string of the molecule is CCCCCCCCCC(=O)N[C@@H](NC(=S)Nc1ccccc1Cl)C(Cl)(Cl)Cl. The molecule has 0 saturated heterocycles. The predicted octanol–water partition coefficient (Wildman–Crippen LogP) is 6.58. The van der Waals surface area contributed by atoms with Crippen molar-refractivity contribution >= 4 is 75.3 Å². The summed E-state index contributed by atoms with van der Waals surface area (Å²) in [5.41, 5.74) is 0.610. The number of benzene rings is 1. The van der Waals surface area contributed by atoms with Gasteiger partial charge in [-0.2, -0.15) is 0 Å².